The smallest absolute Gasteiger partial charge is 0.229 e. The fraction of sp³-hybridized carbons (Fsp3) is 0. The number of halogens is 1. The van der Waals surface area contributed by atoms with E-state index in [1.54, 1.807) is 23.3 Å². The van der Waals surface area contributed by atoms with E-state index in [1.165, 1.54) is 0 Å². The molecule has 2 heterocycles. The van der Waals surface area contributed by atoms with Crippen molar-refractivity contribution in [2.24, 2.45) is 0 Å². The summed E-state index contributed by atoms with van der Waals surface area (Å²) in [6.45, 7) is 0. The molecule has 0 saturated carbocycles. The molecule has 2 rings (SSSR count). The van der Waals surface area contributed by atoms with Crippen molar-refractivity contribution in [2.45, 2.75) is 0 Å². The zero-order chi connectivity index (χ0) is 8.39. The Labute approximate surface area is 73.8 Å². The molecule has 2 aromatic heterocycles. The molecule has 60 valence electrons. The first-order valence-corrected chi connectivity index (χ1v) is 3.71. The minimum atomic E-state index is 0.336. The highest BCUT2D eigenvalue weighted by Gasteiger charge is 2.01. The predicted octanol–water partition coefficient (Wildman–Crippen LogP) is 1.32. The lowest BCUT2D eigenvalue weighted by atomic mass is 10.4. The number of pyridine rings is 1. The summed E-state index contributed by atoms with van der Waals surface area (Å²) in [4.78, 5) is 3.95. The van der Waals surface area contributed by atoms with E-state index in [0.717, 1.165) is 5.69 Å². The van der Waals surface area contributed by atoms with Gasteiger partial charge in [-0.1, -0.05) is 0 Å². The molecule has 12 heavy (non-hydrogen) atoms. The fourth-order valence-electron chi connectivity index (χ4n) is 0.890. The molecule has 0 saturated heterocycles. The van der Waals surface area contributed by atoms with Crippen LogP contribution in [0.15, 0.2) is 30.9 Å². The number of rotatable bonds is 1. The lowest BCUT2D eigenvalue weighted by Gasteiger charge is -1.99. The molecule has 2 aromatic rings. The van der Waals surface area contributed by atoms with E-state index in [2.05, 4.69) is 15.2 Å². The first-order chi connectivity index (χ1) is 5.88. The predicted molar refractivity (Wildman–Crippen MR) is 44.2 cm³/mol. The molecule has 0 atom stereocenters. The first kappa shape index (κ1) is 7.24. The second-order valence-corrected chi connectivity index (χ2v) is 2.52. The summed E-state index contributed by atoms with van der Waals surface area (Å²) in [7, 11) is 0. The molecule has 0 aliphatic carbocycles. The van der Waals surface area contributed by atoms with Crippen LogP contribution in [0.2, 0.25) is 5.28 Å². The van der Waals surface area contributed by atoms with Gasteiger partial charge in [0.25, 0.3) is 0 Å². The van der Waals surface area contributed by atoms with Gasteiger partial charge in [0.05, 0.1) is 11.9 Å². The maximum Gasteiger partial charge on any atom is 0.229 e. The number of hydrogen-bond acceptors (Lipinski definition) is 3. The van der Waals surface area contributed by atoms with Crippen molar-refractivity contribution in [3.63, 3.8) is 0 Å². The van der Waals surface area contributed by atoms with Crippen molar-refractivity contribution >= 4 is 11.6 Å². The van der Waals surface area contributed by atoms with Crippen molar-refractivity contribution in [3.8, 4) is 5.69 Å². The van der Waals surface area contributed by atoms with Crippen LogP contribution >= 0.6 is 11.6 Å². The van der Waals surface area contributed by atoms with Crippen molar-refractivity contribution in [1.29, 1.82) is 0 Å². The van der Waals surface area contributed by atoms with Crippen LogP contribution < -0.4 is 0 Å². The van der Waals surface area contributed by atoms with Gasteiger partial charge in [-0.15, -0.1) is 10.2 Å². The summed E-state index contributed by atoms with van der Waals surface area (Å²) in [5.41, 5.74) is 0.854. The molecule has 0 aromatic carbocycles. The lowest BCUT2D eigenvalue weighted by molar-refractivity contribution is 1.04. The van der Waals surface area contributed by atoms with Crippen molar-refractivity contribution in [3.05, 3.63) is 36.1 Å². The quantitative estimate of drug-likeness (QED) is 0.665. The van der Waals surface area contributed by atoms with E-state index in [9.17, 15) is 0 Å². The van der Waals surface area contributed by atoms with E-state index in [1.807, 2.05) is 12.1 Å². The van der Waals surface area contributed by atoms with Gasteiger partial charge in [0.1, 0.15) is 6.33 Å². The van der Waals surface area contributed by atoms with Crippen molar-refractivity contribution < 1.29 is 0 Å². The van der Waals surface area contributed by atoms with Crippen LogP contribution in [-0.4, -0.2) is 19.7 Å². The largest absolute Gasteiger partial charge is 0.271 e. The SMILES string of the molecule is Clc1nncn1-c1cccnc1. The molecule has 0 radical (unpaired) electrons. The molecule has 0 aliphatic heterocycles. The van der Waals surface area contributed by atoms with Gasteiger partial charge in [-0.25, -0.2) is 0 Å². The Balaban J connectivity index is 2.51. The molecule has 0 unspecified atom stereocenters. The maximum absolute atomic E-state index is 5.74. The lowest BCUT2D eigenvalue weighted by Crippen LogP contribution is -1.91. The molecular weight excluding hydrogens is 176 g/mol. The van der Waals surface area contributed by atoms with E-state index >= 15 is 0 Å². The second kappa shape index (κ2) is 2.91. The topological polar surface area (TPSA) is 43.6 Å². The van der Waals surface area contributed by atoms with Gasteiger partial charge in [0.15, 0.2) is 0 Å². The highest BCUT2D eigenvalue weighted by atomic mass is 35.5. The van der Waals surface area contributed by atoms with Gasteiger partial charge >= 0.3 is 0 Å². The Morgan fingerprint density at radius 1 is 1.42 bits per heavy atom. The fourth-order valence-corrected chi connectivity index (χ4v) is 1.08. The normalized spacial score (nSPS) is 10.1. The molecule has 0 aliphatic rings. The monoisotopic (exact) mass is 180 g/mol. The van der Waals surface area contributed by atoms with E-state index in [-0.39, 0.29) is 0 Å². The molecular formula is C7H5ClN4. The highest BCUT2D eigenvalue weighted by molar-refractivity contribution is 6.28. The Morgan fingerprint density at radius 3 is 2.92 bits per heavy atom. The molecule has 5 heteroatoms. The van der Waals surface area contributed by atoms with E-state index in [4.69, 9.17) is 11.6 Å². The molecule has 4 nitrogen and oxygen atoms in total. The first-order valence-electron chi connectivity index (χ1n) is 3.34. The molecule has 0 amide bonds. The van der Waals surface area contributed by atoms with Gasteiger partial charge in [-0.3, -0.25) is 9.55 Å². The molecule has 0 bridgehead atoms. The summed E-state index contributed by atoms with van der Waals surface area (Å²) >= 11 is 5.74. The number of aromatic nitrogens is 4. The van der Waals surface area contributed by atoms with Crippen LogP contribution in [0.3, 0.4) is 0 Å². The third kappa shape index (κ3) is 1.16. The molecule has 0 N–H and O–H groups in total. The Hall–Kier alpha value is -1.42. The Bertz CT molecular complexity index is 370. The highest BCUT2D eigenvalue weighted by Crippen LogP contribution is 2.10. The number of nitrogens with zero attached hydrogens (tertiary/aromatic N) is 4. The van der Waals surface area contributed by atoms with Crippen molar-refractivity contribution in [2.75, 3.05) is 0 Å². The van der Waals surface area contributed by atoms with Crippen LogP contribution in [0.25, 0.3) is 5.69 Å². The van der Waals surface area contributed by atoms with E-state index in [0.29, 0.717) is 5.28 Å². The second-order valence-electron chi connectivity index (χ2n) is 2.18. The van der Waals surface area contributed by atoms with Crippen LogP contribution in [0.4, 0.5) is 0 Å². The minimum absolute atomic E-state index is 0.336. The average Bonchev–Trinajstić information content (AvgIpc) is 2.53. The average molecular weight is 181 g/mol. The van der Waals surface area contributed by atoms with Crippen LogP contribution in [0.5, 0.6) is 0 Å². The van der Waals surface area contributed by atoms with Crippen LogP contribution in [0.1, 0.15) is 0 Å². The Morgan fingerprint density at radius 2 is 2.33 bits per heavy atom. The van der Waals surface area contributed by atoms with Gasteiger partial charge in [-0.05, 0) is 23.7 Å². The molecule has 0 spiro atoms. The van der Waals surface area contributed by atoms with Crippen molar-refractivity contribution in [1.82, 2.24) is 19.7 Å². The summed E-state index contributed by atoms with van der Waals surface area (Å²) in [5, 5.41) is 7.63. The maximum atomic E-state index is 5.74. The third-order valence-electron chi connectivity index (χ3n) is 1.43. The minimum Gasteiger partial charge on any atom is -0.271 e. The zero-order valence-electron chi connectivity index (χ0n) is 6.05. The summed E-state index contributed by atoms with van der Waals surface area (Å²) < 4.78 is 1.65. The zero-order valence-corrected chi connectivity index (χ0v) is 6.81. The van der Waals surface area contributed by atoms with Gasteiger partial charge in [0, 0.05) is 6.20 Å². The molecule has 0 fully saturated rings. The summed E-state index contributed by atoms with van der Waals surface area (Å²) in [6, 6.07) is 3.70. The Kier molecular flexibility index (Phi) is 1.75. The van der Waals surface area contributed by atoms with E-state index < -0.39 is 0 Å². The van der Waals surface area contributed by atoms with Crippen LogP contribution in [-0.2, 0) is 0 Å². The third-order valence-corrected chi connectivity index (χ3v) is 1.69. The van der Waals surface area contributed by atoms with Gasteiger partial charge < -0.3 is 0 Å². The standard InChI is InChI=1S/C7H5ClN4/c8-7-11-10-5-12(7)6-2-1-3-9-4-6/h1-5H. The number of hydrogen-bond donors (Lipinski definition) is 0. The summed E-state index contributed by atoms with van der Waals surface area (Å²) in [5.74, 6) is 0. The summed E-state index contributed by atoms with van der Waals surface area (Å²) in [6.07, 6.45) is 4.93. The van der Waals surface area contributed by atoms with Crippen LogP contribution in [0, 0.1) is 0 Å². The van der Waals surface area contributed by atoms with Gasteiger partial charge in [-0.2, -0.15) is 0 Å². The van der Waals surface area contributed by atoms with Gasteiger partial charge in [0.2, 0.25) is 5.28 Å².